The van der Waals surface area contributed by atoms with E-state index in [1.54, 1.807) is 0 Å². The third-order valence-corrected chi connectivity index (χ3v) is 7.80. The summed E-state index contributed by atoms with van der Waals surface area (Å²) in [6.45, 7) is 25.7. The van der Waals surface area contributed by atoms with Gasteiger partial charge in [-0.3, -0.25) is 19.3 Å². The largest absolute Gasteiger partial charge is 0.464 e. The first-order valence-corrected chi connectivity index (χ1v) is 15.3. The first-order valence-electron chi connectivity index (χ1n) is 15.3. The zero-order valence-electron chi connectivity index (χ0n) is 27.3. The van der Waals surface area contributed by atoms with Gasteiger partial charge in [0, 0.05) is 63.2 Å². The average molecular weight is 608 g/mol. The molecule has 0 aromatic carbocycles. The number of amides is 2. The molecule has 2 aliphatic heterocycles. The summed E-state index contributed by atoms with van der Waals surface area (Å²) in [6.07, 6.45) is 3.47. The molecule has 41 heavy (non-hydrogen) atoms. The van der Waals surface area contributed by atoms with Crippen LogP contribution in [0.15, 0.2) is 0 Å². The number of rotatable bonds is 12. The first-order chi connectivity index (χ1) is 18.9. The number of esters is 1. The van der Waals surface area contributed by atoms with Gasteiger partial charge in [-0.2, -0.15) is 0 Å². The maximum absolute atomic E-state index is 11.9. The highest BCUT2D eigenvalue weighted by molar-refractivity contribution is 5.85. The molecule has 0 aromatic rings. The van der Waals surface area contributed by atoms with E-state index in [1.165, 1.54) is 0 Å². The lowest BCUT2D eigenvalue weighted by molar-refractivity contribution is -0.148. The van der Waals surface area contributed by atoms with Gasteiger partial charge in [0.2, 0.25) is 11.8 Å². The highest BCUT2D eigenvalue weighted by Crippen LogP contribution is 2.23. The van der Waals surface area contributed by atoms with E-state index in [0.717, 1.165) is 84.7 Å². The van der Waals surface area contributed by atoms with Crippen molar-refractivity contribution in [3.63, 3.8) is 0 Å². The Bertz CT molecular complexity index is 711. The van der Waals surface area contributed by atoms with Gasteiger partial charge < -0.3 is 30.7 Å². The molecule has 11 heteroatoms. The summed E-state index contributed by atoms with van der Waals surface area (Å²) >= 11 is 0. The van der Waals surface area contributed by atoms with Gasteiger partial charge in [-0.25, -0.2) is 0 Å². The van der Waals surface area contributed by atoms with E-state index < -0.39 is 0 Å². The summed E-state index contributed by atoms with van der Waals surface area (Å²) in [6, 6.07) is 0. The summed E-state index contributed by atoms with van der Waals surface area (Å²) in [4.78, 5) is 38.9. The highest BCUT2D eigenvalue weighted by Gasteiger charge is 2.30. The summed E-state index contributed by atoms with van der Waals surface area (Å²) in [5.74, 6) is 0.371. The molecular formula is C30H62ClN5O5. The van der Waals surface area contributed by atoms with Crippen LogP contribution in [0.2, 0.25) is 0 Å². The number of carbonyl (C=O) groups excluding carboxylic acids is 3. The Morgan fingerprint density at radius 2 is 1.54 bits per heavy atom. The van der Waals surface area contributed by atoms with Crippen LogP contribution in [0.25, 0.3) is 0 Å². The molecule has 0 aromatic heterocycles. The van der Waals surface area contributed by atoms with E-state index in [-0.39, 0.29) is 41.0 Å². The normalized spacial score (nSPS) is 16.6. The number of halogens is 1. The molecule has 2 fully saturated rings. The minimum absolute atomic E-state index is 0. The van der Waals surface area contributed by atoms with Crippen LogP contribution in [0, 0.1) is 16.7 Å². The number of hydrogen-bond acceptors (Lipinski definition) is 8. The van der Waals surface area contributed by atoms with Crippen LogP contribution in [0.4, 0.5) is 0 Å². The number of morpholine rings is 1. The van der Waals surface area contributed by atoms with Crippen molar-refractivity contribution in [1.29, 1.82) is 0 Å². The SMILES string of the molecule is CCC(C)(C)C(=O)N1CCNCC1.CCC(C)(C)C(=O)NCCCN.CCC(C)C(=O)OCCN1CCOCC1.Cl. The average Bonchev–Trinajstić information content (AvgIpc) is 2.97. The Hall–Kier alpha value is -1.46. The van der Waals surface area contributed by atoms with Crippen LogP contribution in [-0.2, 0) is 23.9 Å². The zero-order valence-corrected chi connectivity index (χ0v) is 28.1. The number of hydrogen-bond donors (Lipinski definition) is 3. The van der Waals surface area contributed by atoms with E-state index in [1.807, 2.05) is 53.4 Å². The van der Waals surface area contributed by atoms with Gasteiger partial charge in [0.25, 0.3) is 0 Å². The van der Waals surface area contributed by atoms with Crippen LogP contribution in [0.5, 0.6) is 0 Å². The van der Waals surface area contributed by atoms with Crippen molar-refractivity contribution in [3.05, 3.63) is 0 Å². The smallest absolute Gasteiger partial charge is 0.308 e. The van der Waals surface area contributed by atoms with Gasteiger partial charge in [0.15, 0.2) is 0 Å². The van der Waals surface area contributed by atoms with Crippen molar-refractivity contribution in [1.82, 2.24) is 20.4 Å². The van der Waals surface area contributed by atoms with Gasteiger partial charge in [0.05, 0.1) is 19.1 Å². The maximum atomic E-state index is 11.9. The molecule has 1 atom stereocenters. The quantitative estimate of drug-likeness (QED) is 0.228. The Morgan fingerprint density at radius 3 is 2.02 bits per heavy atom. The van der Waals surface area contributed by atoms with Gasteiger partial charge >= 0.3 is 5.97 Å². The van der Waals surface area contributed by atoms with Crippen LogP contribution >= 0.6 is 12.4 Å². The highest BCUT2D eigenvalue weighted by atomic mass is 35.5. The van der Waals surface area contributed by atoms with Gasteiger partial charge in [-0.1, -0.05) is 55.4 Å². The van der Waals surface area contributed by atoms with Crippen molar-refractivity contribution >= 4 is 30.2 Å². The van der Waals surface area contributed by atoms with Crippen molar-refractivity contribution in [2.45, 2.75) is 81.1 Å². The van der Waals surface area contributed by atoms with Crippen LogP contribution in [0.3, 0.4) is 0 Å². The number of piperazine rings is 1. The monoisotopic (exact) mass is 607 g/mol. The number of carbonyl (C=O) groups is 3. The Morgan fingerprint density at radius 1 is 0.976 bits per heavy atom. The fourth-order valence-corrected chi connectivity index (χ4v) is 3.56. The van der Waals surface area contributed by atoms with Crippen molar-refractivity contribution < 1.29 is 23.9 Å². The minimum Gasteiger partial charge on any atom is -0.464 e. The second-order valence-electron chi connectivity index (χ2n) is 11.8. The van der Waals surface area contributed by atoms with Gasteiger partial charge in [0.1, 0.15) is 6.61 Å². The number of nitrogens with two attached hydrogens (primary N) is 1. The molecule has 2 heterocycles. The molecule has 1 unspecified atom stereocenters. The van der Waals surface area contributed by atoms with Gasteiger partial charge in [-0.05, 0) is 32.2 Å². The molecule has 0 bridgehead atoms. The number of nitrogens with one attached hydrogen (secondary N) is 2. The van der Waals surface area contributed by atoms with Gasteiger partial charge in [-0.15, -0.1) is 12.4 Å². The molecule has 0 saturated carbocycles. The van der Waals surface area contributed by atoms with Crippen LogP contribution in [0.1, 0.15) is 81.1 Å². The second kappa shape index (κ2) is 23.1. The van der Waals surface area contributed by atoms with E-state index in [4.69, 9.17) is 15.2 Å². The minimum atomic E-state index is -0.241. The van der Waals surface area contributed by atoms with Crippen LogP contribution in [-0.4, -0.2) is 106 Å². The fraction of sp³-hybridized carbons (Fsp3) is 0.900. The van der Waals surface area contributed by atoms with E-state index in [9.17, 15) is 14.4 Å². The lowest BCUT2D eigenvalue weighted by Gasteiger charge is -2.34. The third kappa shape index (κ3) is 18.0. The lowest BCUT2D eigenvalue weighted by Crippen LogP contribution is -2.50. The molecule has 10 nitrogen and oxygen atoms in total. The fourth-order valence-electron chi connectivity index (χ4n) is 3.56. The Balaban J connectivity index is 0. The molecule has 0 spiro atoms. The summed E-state index contributed by atoms with van der Waals surface area (Å²) in [5.41, 5.74) is 4.88. The lowest BCUT2D eigenvalue weighted by atomic mass is 9.88. The molecule has 2 rings (SSSR count). The molecule has 244 valence electrons. The topological polar surface area (TPSA) is 126 Å². The summed E-state index contributed by atoms with van der Waals surface area (Å²) < 4.78 is 10.4. The summed E-state index contributed by atoms with van der Waals surface area (Å²) in [7, 11) is 0. The predicted octanol–water partition coefficient (Wildman–Crippen LogP) is 3.07. The maximum Gasteiger partial charge on any atom is 0.308 e. The molecule has 0 aliphatic carbocycles. The molecule has 0 radical (unpaired) electrons. The van der Waals surface area contributed by atoms with Crippen molar-refractivity contribution in [3.8, 4) is 0 Å². The molecule has 2 saturated heterocycles. The Labute approximate surface area is 256 Å². The predicted molar refractivity (Wildman–Crippen MR) is 169 cm³/mol. The van der Waals surface area contributed by atoms with Crippen molar-refractivity contribution in [2.24, 2.45) is 22.5 Å². The Kier molecular flexibility index (Phi) is 23.4. The van der Waals surface area contributed by atoms with Crippen molar-refractivity contribution in [2.75, 3.05) is 78.7 Å². The molecular weight excluding hydrogens is 546 g/mol. The second-order valence-corrected chi connectivity index (χ2v) is 11.8. The van der Waals surface area contributed by atoms with E-state index >= 15 is 0 Å². The van der Waals surface area contributed by atoms with E-state index in [0.29, 0.717) is 25.6 Å². The zero-order chi connectivity index (χ0) is 30.6. The third-order valence-electron chi connectivity index (χ3n) is 7.80. The number of nitrogens with zero attached hydrogens (tertiary/aromatic N) is 2. The summed E-state index contributed by atoms with van der Waals surface area (Å²) in [5, 5.41) is 6.10. The van der Waals surface area contributed by atoms with E-state index in [2.05, 4.69) is 22.5 Å². The standard InChI is InChI=1S/C11H21NO3.C10H20N2O.C9H20N2O.ClH/c1-3-10(2)11(13)15-9-6-12-4-7-14-8-5-12;1-4-10(2,3)9(13)12-7-5-11-6-8-12;1-4-9(2,3)8(12)11-7-5-6-10;/h10H,3-9H2,1-2H3;11H,4-8H2,1-3H3;4-7,10H2,1-3H3,(H,11,12);1H. The number of ether oxygens (including phenoxy) is 2. The molecule has 4 N–H and O–H groups in total. The van der Waals surface area contributed by atoms with Crippen LogP contribution < -0.4 is 16.4 Å². The molecule has 2 aliphatic rings. The first kappa shape index (κ1) is 41.7. The molecule has 2 amide bonds.